The van der Waals surface area contributed by atoms with Gasteiger partial charge >= 0.3 is 0 Å². The number of carbonyl (C=O) groups excluding carboxylic acids is 1. The van der Waals surface area contributed by atoms with Crippen LogP contribution in [0.1, 0.15) is 29.0 Å². The molecule has 0 radical (unpaired) electrons. The normalized spacial score (nSPS) is 12.1. The van der Waals surface area contributed by atoms with Crippen molar-refractivity contribution in [3.05, 3.63) is 81.0 Å². The van der Waals surface area contributed by atoms with Crippen molar-refractivity contribution in [1.82, 2.24) is 9.38 Å². The number of thiophene rings is 1. The van der Waals surface area contributed by atoms with E-state index in [0.717, 1.165) is 16.1 Å². The Kier molecular flexibility index (Phi) is 5.89. The maximum absolute atomic E-state index is 11.7. The van der Waals surface area contributed by atoms with E-state index in [1.165, 1.54) is 17.4 Å². The third-order valence-corrected chi connectivity index (χ3v) is 6.12. The van der Waals surface area contributed by atoms with E-state index >= 15 is 0 Å². The van der Waals surface area contributed by atoms with Gasteiger partial charge in [-0.15, -0.1) is 11.3 Å². The van der Waals surface area contributed by atoms with Gasteiger partial charge < -0.3 is 15.6 Å². The van der Waals surface area contributed by atoms with Gasteiger partial charge in [0.25, 0.3) is 5.69 Å². The van der Waals surface area contributed by atoms with Gasteiger partial charge in [0.15, 0.2) is 0 Å². The van der Waals surface area contributed by atoms with Crippen molar-refractivity contribution in [1.29, 1.82) is 0 Å². The minimum atomic E-state index is -0.631. The molecule has 1 aromatic carbocycles. The van der Waals surface area contributed by atoms with Crippen molar-refractivity contribution in [2.45, 2.75) is 26.1 Å². The molecule has 1 atom stereocenters. The summed E-state index contributed by atoms with van der Waals surface area (Å²) >= 11 is 1.34. The molecule has 164 valence electrons. The van der Waals surface area contributed by atoms with Gasteiger partial charge in [-0.25, -0.2) is 4.98 Å². The number of imidazole rings is 1. The van der Waals surface area contributed by atoms with Crippen LogP contribution in [0, 0.1) is 10.1 Å². The molecule has 4 aromatic rings. The molecule has 4 rings (SSSR count). The molecule has 0 saturated carbocycles. The van der Waals surface area contributed by atoms with Gasteiger partial charge in [0.1, 0.15) is 17.5 Å². The van der Waals surface area contributed by atoms with Crippen molar-refractivity contribution in [3.8, 4) is 16.3 Å². The molecule has 3 aromatic heterocycles. The zero-order valence-electron chi connectivity index (χ0n) is 17.1. The lowest BCUT2D eigenvalue weighted by Crippen LogP contribution is -2.14. The first-order chi connectivity index (χ1) is 15.4. The summed E-state index contributed by atoms with van der Waals surface area (Å²) in [4.78, 5) is 28.4. The van der Waals surface area contributed by atoms with Crippen molar-refractivity contribution in [2.24, 2.45) is 5.73 Å². The topological polar surface area (TPSA) is 133 Å². The third-order valence-electron chi connectivity index (χ3n) is 4.98. The number of aliphatic hydroxyl groups excluding tert-OH is 1. The van der Waals surface area contributed by atoms with Crippen LogP contribution in [0.5, 0.6) is 5.75 Å². The van der Waals surface area contributed by atoms with Crippen LogP contribution in [0.2, 0.25) is 0 Å². The number of primary amides is 1. The number of amides is 1. The molecule has 0 fully saturated rings. The lowest BCUT2D eigenvalue weighted by atomic mass is 10.1. The number of para-hydroxylation sites is 1. The molecule has 32 heavy (non-hydrogen) atoms. The second kappa shape index (κ2) is 8.77. The van der Waals surface area contributed by atoms with E-state index in [-0.39, 0.29) is 18.7 Å². The molecule has 0 bridgehead atoms. The number of ether oxygens (including phenoxy) is 1. The van der Waals surface area contributed by atoms with Crippen LogP contribution in [-0.2, 0) is 17.8 Å². The minimum absolute atomic E-state index is 0.0256. The summed E-state index contributed by atoms with van der Waals surface area (Å²) < 4.78 is 7.94. The molecule has 1 amide bonds. The van der Waals surface area contributed by atoms with Crippen LogP contribution in [0.15, 0.2) is 54.9 Å². The monoisotopic (exact) mass is 452 g/mol. The van der Waals surface area contributed by atoms with E-state index in [1.54, 1.807) is 55.7 Å². The molecule has 1 unspecified atom stereocenters. The van der Waals surface area contributed by atoms with E-state index in [9.17, 15) is 20.0 Å². The fourth-order valence-electron chi connectivity index (χ4n) is 3.47. The number of aliphatic hydroxyl groups is 1. The van der Waals surface area contributed by atoms with Gasteiger partial charge in [-0.05, 0) is 24.6 Å². The molecular formula is C22H20N4O5S. The third kappa shape index (κ3) is 4.18. The van der Waals surface area contributed by atoms with Gasteiger partial charge in [0.05, 0.1) is 45.2 Å². The fraction of sp³-hybridized carbons (Fsp3) is 0.182. The molecule has 0 saturated heterocycles. The molecule has 0 spiro atoms. The van der Waals surface area contributed by atoms with Gasteiger partial charge in [0.2, 0.25) is 5.91 Å². The Morgan fingerprint density at radius 3 is 2.84 bits per heavy atom. The maximum Gasteiger partial charge on any atom is 0.276 e. The largest absolute Gasteiger partial charge is 0.485 e. The van der Waals surface area contributed by atoms with Crippen LogP contribution in [0.3, 0.4) is 0 Å². The Bertz CT molecular complexity index is 1310. The summed E-state index contributed by atoms with van der Waals surface area (Å²) in [6, 6.07) is 11.8. The van der Waals surface area contributed by atoms with E-state index in [1.807, 2.05) is 4.40 Å². The predicted molar refractivity (Wildman–Crippen MR) is 119 cm³/mol. The average molecular weight is 452 g/mol. The van der Waals surface area contributed by atoms with Gasteiger partial charge in [-0.1, -0.05) is 18.2 Å². The van der Waals surface area contributed by atoms with Crippen molar-refractivity contribution in [2.75, 3.05) is 0 Å². The number of hydrogen-bond acceptors (Lipinski definition) is 7. The molecule has 10 heteroatoms. The highest BCUT2D eigenvalue weighted by Gasteiger charge is 2.23. The maximum atomic E-state index is 11.7. The summed E-state index contributed by atoms with van der Waals surface area (Å²) in [5, 5.41) is 20.9. The number of fused-ring (bicyclic) bond motifs is 1. The van der Waals surface area contributed by atoms with Crippen LogP contribution in [0.25, 0.3) is 16.2 Å². The number of nitro benzene ring substituents is 1. The van der Waals surface area contributed by atoms with Gasteiger partial charge in [0, 0.05) is 18.3 Å². The summed E-state index contributed by atoms with van der Waals surface area (Å²) in [6.07, 6.45) is 2.84. The number of benzene rings is 1. The van der Waals surface area contributed by atoms with E-state index in [0.29, 0.717) is 21.8 Å². The number of rotatable bonds is 8. The number of aromatic nitrogens is 2. The molecular weight excluding hydrogens is 432 g/mol. The number of carbonyl (C=O) groups is 1. The first-order valence-corrected chi connectivity index (χ1v) is 10.6. The summed E-state index contributed by atoms with van der Waals surface area (Å²) in [5.41, 5.74) is 8.02. The highest BCUT2D eigenvalue weighted by molar-refractivity contribution is 7.15. The van der Waals surface area contributed by atoms with Crippen LogP contribution in [-0.4, -0.2) is 25.3 Å². The Hall–Kier alpha value is -3.76. The minimum Gasteiger partial charge on any atom is -0.485 e. The number of pyridine rings is 1. The SMILES string of the molecule is CC(Oc1cc(-c2cnc3ccc(CO)cn23)sc1CC(N)=O)c1ccccc1[N+](=O)[O-]. The standard InChI is InChI=1S/C22H20N4O5S/c1-13(15-4-2-3-5-16(15)26(29)30)31-18-8-19(32-20(18)9-21(23)28)17-10-24-22-7-6-14(12-27)11-25(17)22/h2-8,10-11,13,27H,9,12H2,1H3,(H2,23,28). The number of nitrogens with zero attached hydrogens (tertiary/aromatic N) is 3. The molecule has 0 aliphatic carbocycles. The van der Waals surface area contributed by atoms with E-state index < -0.39 is 16.9 Å². The van der Waals surface area contributed by atoms with Gasteiger partial charge in [-0.2, -0.15) is 0 Å². The van der Waals surface area contributed by atoms with Crippen molar-refractivity contribution in [3.63, 3.8) is 0 Å². The second-order valence-corrected chi connectivity index (χ2v) is 8.32. The Labute approximate surface area is 186 Å². The van der Waals surface area contributed by atoms with E-state index in [2.05, 4.69) is 4.98 Å². The predicted octanol–water partition coefficient (Wildman–Crippen LogP) is 3.63. The first kappa shape index (κ1) is 21.5. The van der Waals surface area contributed by atoms with Gasteiger partial charge in [-0.3, -0.25) is 19.3 Å². The highest BCUT2D eigenvalue weighted by atomic mass is 32.1. The number of nitro groups is 1. The van der Waals surface area contributed by atoms with Crippen LogP contribution in [0.4, 0.5) is 5.69 Å². The van der Waals surface area contributed by atoms with Crippen molar-refractivity contribution < 1.29 is 19.6 Å². The average Bonchev–Trinajstić information content (AvgIpc) is 3.36. The Balaban J connectivity index is 1.74. The van der Waals surface area contributed by atoms with Crippen LogP contribution < -0.4 is 10.5 Å². The number of nitrogens with two attached hydrogens (primary N) is 1. The summed E-state index contributed by atoms with van der Waals surface area (Å²) in [7, 11) is 0. The first-order valence-electron chi connectivity index (χ1n) is 9.75. The Morgan fingerprint density at radius 2 is 2.12 bits per heavy atom. The summed E-state index contributed by atoms with van der Waals surface area (Å²) in [5.74, 6) is -0.0787. The lowest BCUT2D eigenvalue weighted by Gasteiger charge is -2.15. The van der Waals surface area contributed by atoms with Crippen molar-refractivity contribution >= 4 is 28.6 Å². The molecule has 0 aliphatic rings. The molecule has 3 heterocycles. The van der Waals surface area contributed by atoms with E-state index in [4.69, 9.17) is 10.5 Å². The smallest absolute Gasteiger partial charge is 0.276 e. The molecule has 0 aliphatic heterocycles. The zero-order valence-corrected chi connectivity index (χ0v) is 17.9. The Morgan fingerprint density at radius 1 is 1.34 bits per heavy atom. The summed E-state index contributed by atoms with van der Waals surface area (Å²) in [6.45, 7) is 1.61. The second-order valence-electron chi connectivity index (χ2n) is 7.18. The quantitative estimate of drug-likeness (QED) is 0.310. The van der Waals surface area contributed by atoms with Crippen LogP contribution >= 0.6 is 11.3 Å². The number of hydrogen-bond donors (Lipinski definition) is 2. The lowest BCUT2D eigenvalue weighted by molar-refractivity contribution is -0.386. The zero-order chi connectivity index (χ0) is 22.8. The fourth-order valence-corrected chi connectivity index (χ4v) is 4.58. The molecule has 9 nitrogen and oxygen atoms in total. The molecule has 3 N–H and O–H groups in total. The highest BCUT2D eigenvalue weighted by Crippen LogP contribution is 2.39.